The predicted molar refractivity (Wildman–Crippen MR) is 88.9 cm³/mol. The molecule has 0 bridgehead atoms. The maximum absolute atomic E-state index is 5.34. The minimum atomic E-state index is 0.410. The molecule has 6 nitrogen and oxygen atoms in total. The van der Waals surface area contributed by atoms with E-state index in [1.54, 1.807) is 18.5 Å². The SMILES string of the molecule is CN(C)c1ccc(/C=N/n2c(-c3ccco3)n[nH]c2=S)cc1. The molecule has 2 heterocycles. The van der Waals surface area contributed by atoms with Crippen LogP contribution in [0.25, 0.3) is 11.6 Å². The lowest BCUT2D eigenvalue weighted by Gasteiger charge is -2.11. The summed E-state index contributed by atoms with van der Waals surface area (Å²) in [5.74, 6) is 1.14. The Morgan fingerprint density at radius 3 is 2.68 bits per heavy atom. The molecule has 0 unspecified atom stereocenters. The van der Waals surface area contributed by atoms with Crippen LogP contribution in [0.4, 0.5) is 5.69 Å². The molecule has 7 heteroatoms. The Morgan fingerprint density at radius 2 is 2.05 bits per heavy atom. The van der Waals surface area contributed by atoms with E-state index in [2.05, 4.69) is 15.3 Å². The molecule has 0 aliphatic carbocycles. The van der Waals surface area contributed by atoms with E-state index in [-0.39, 0.29) is 0 Å². The Labute approximate surface area is 132 Å². The van der Waals surface area contributed by atoms with Crippen molar-refractivity contribution in [1.82, 2.24) is 14.9 Å². The van der Waals surface area contributed by atoms with E-state index in [0.717, 1.165) is 11.3 Å². The fourth-order valence-electron chi connectivity index (χ4n) is 1.95. The number of aromatic nitrogens is 3. The minimum absolute atomic E-state index is 0.410. The molecule has 0 radical (unpaired) electrons. The van der Waals surface area contributed by atoms with Crippen LogP contribution < -0.4 is 4.90 Å². The summed E-state index contributed by atoms with van der Waals surface area (Å²) in [5.41, 5.74) is 2.10. The molecule has 22 heavy (non-hydrogen) atoms. The number of aromatic amines is 1. The van der Waals surface area contributed by atoms with E-state index in [0.29, 0.717) is 16.4 Å². The van der Waals surface area contributed by atoms with Gasteiger partial charge in [0.2, 0.25) is 10.6 Å². The van der Waals surface area contributed by atoms with E-state index >= 15 is 0 Å². The molecule has 0 aliphatic heterocycles. The van der Waals surface area contributed by atoms with Gasteiger partial charge in [-0.3, -0.25) is 0 Å². The van der Waals surface area contributed by atoms with Crippen LogP contribution in [0.15, 0.2) is 52.2 Å². The maximum atomic E-state index is 5.34. The number of nitrogens with zero attached hydrogens (tertiary/aromatic N) is 4. The van der Waals surface area contributed by atoms with Crippen LogP contribution in [0.3, 0.4) is 0 Å². The van der Waals surface area contributed by atoms with Gasteiger partial charge < -0.3 is 9.32 Å². The summed E-state index contributed by atoms with van der Waals surface area (Å²) < 4.78 is 7.28. The highest BCUT2D eigenvalue weighted by atomic mass is 32.1. The van der Waals surface area contributed by atoms with Crippen LogP contribution in [0.5, 0.6) is 0 Å². The monoisotopic (exact) mass is 313 g/mol. The molecule has 0 aliphatic rings. The average molecular weight is 313 g/mol. The number of nitrogens with one attached hydrogen (secondary N) is 1. The van der Waals surface area contributed by atoms with Gasteiger partial charge in [-0.25, -0.2) is 5.10 Å². The second-order valence-electron chi connectivity index (χ2n) is 4.87. The molecule has 2 aromatic heterocycles. The van der Waals surface area contributed by atoms with Gasteiger partial charge in [0, 0.05) is 19.8 Å². The van der Waals surface area contributed by atoms with Crippen molar-refractivity contribution in [2.75, 3.05) is 19.0 Å². The molecule has 0 fully saturated rings. The van der Waals surface area contributed by atoms with Gasteiger partial charge in [0.05, 0.1) is 12.5 Å². The first-order chi connectivity index (χ1) is 10.6. The molecule has 3 aromatic rings. The van der Waals surface area contributed by atoms with Gasteiger partial charge in [-0.1, -0.05) is 12.1 Å². The number of furan rings is 1. The van der Waals surface area contributed by atoms with Crippen molar-refractivity contribution in [1.29, 1.82) is 0 Å². The molecule has 0 saturated heterocycles. The zero-order chi connectivity index (χ0) is 15.5. The quantitative estimate of drug-likeness (QED) is 0.594. The van der Waals surface area contributed by atoms with Gasteiger partial charge in [-0.15, -0.1) is 5.10 Å². The lowest BCUT2D eigenvalue weighted by atomic mass is 10.2. The summed E-state index contributed by atoms with van der Waals surface area (Å²) in [7, 11) is 4.01. The lowest BCUT2D eigenvalue weighted by molar-refractivity contribution is 0.573. The van der Waals surface area contributed by atoms with Crippen molar-refractivity contribution in [2.24, 2.45) is 5.10 Å². The smallest absolute Gasteiger partial charge is 0.219 e. The normalized spacial score (nSPS) is 11.2. The molecule has 1 aromatic carbocycles. The highest BCUT2D eigenvalue weighted by molar-refractivity contribution is 7.71. The van der Waals surface area contributed by atoms with Crippen molar-refractivity contribution < 1.29 is 4.42 Å². The molecular formula is C15H15N5OS. The van der Waals surface area contributed by atoms with Crippen LogP contribution in [-0.4, -0.2) is 35.2 Å². The first kappa shape index (κ1) is 14.3. The molecule has 0 atom stereocenters. The Morgan fingerprint density at radius 1 is 1.27 bits per heavy atom. The van der Waals surface area contributed by atoms with E-state index in [4.69, 9.17) is 16.6 Å². The zero-order valence-corrected chi connectivity index (χ0v) is 13.0. The summed E-state index contributed by atoms with van der Waals surface area (Å²) in [6.45, 7) is 0. The van der Waals surface area contributed by atoms with E-state index in [1.807, 2.05) is 49.3 Å². The first-order valence-corrected chi connectivity index (χ1v) is 7.09. The van der Waals surface area contributed by atoms with E-state index < -0.39 is 0 Å². The van der Waals surface area contributed by atoms with Gasteiger partial charge in [0.1, 0.15) is 0 Å². The van der Waals surface area contributed by atoms with E-state index in [9.17, 15) is 0 Å². The highest BCUT2D eigenvalue weighted by Crippen LogP contribution is 2.17. The van der Waals surface area contributed by atoms with Crippen LogP contribution >= 0.6 is 12.2 Å². The van der Waals surface area contributed by atoms with Crippen molar-refractivity contribution in [2.45, 2.75) is 0 Å². The summed E-state index contributed by atoms with van der Waals surface area (Å²) >= 11 is 5.20. The average Bonchev–Trinajstić information content (AvgIpc) is 3.15. The molecule has 0 saturated carbocycles. The summed E-state index contributed by atoms with van der Waals surface area (Å²) in [4.78, 5) is 2.04. The second kappa shape index (κ2) is 5.98. The van der Waals surface area contributed by atoms with Gasteiger partial charge in [-0.05, 0) is 42.0 Å². The van der Waals surface area contributed by atoms with Crippen LogP contribution in [0, 0.1) is 4.77 Å². The summed E-state index contributed by atoms with van der Waals surface area (Å²) in [6.07, 6.45) is 3.32. The first-order valence-electron chi connectivity index (χ1n) is 6.68. The van der Waals surface area contributed by atoms with Gasteiger partial charge >= 0.3 is 0 Å². The van der Waals surface area contributed by atoms with Crippen molar-refractivity contribution in [3.05, 3.63) is 53.0 Å². The fourth-order valence-corrected chi connectivity index (χ4v) is 2.13. The van der Waals surface area contributed by atoms with Crippen molar-refractivity contribution in [3.8, 4) is 11.6 Å². The van der Waals surface area contributed by atoms with Crippen LogP contribution in [0.2, 0.25) is 0 Å². The number of H-pyrrole nitrogens is 1. The predicted octanol–water partition coefficient (Wildman–Crippen LogP) is 3.15. The Hall–Kier alpha value is -2.67. The second-order valence-corrected chi connectivity index (χ2v) is 5.26. The van der Waals surface area contributed by atoms with Gasteiger partial charge in [0.25, 0.3) is 0 Å². The highest BCUT2D eigenvalue weighted by Gasteiger charge is 2.10. The number of anilines is 1. The third-order valence-electron chi connectivity index (χ3n) is 3.12. The summed E-state index contributed by atoms with van der Waals surface area (Å²) in [6, 6.07) is 11.7. The Kier molecular flexibility index (Phi) is 3.88. The minimum Gasteiger partial charge on any atom is -0.461 e. The Balaban J connectivity index is 1.90. The molecule has 1 N–H and O–H groups in total. The zero-order valence-electron chi connectivity index (χ0n) is 12.2. The lowest BCUT2D eigenvalue weighted by Crippen LogP contribution is -2.08. The molecule has 112 valence electrons. The van der Waals surface area contributed by atoms with E-state index in [1.165, 1.54) is 4.68 Å². The van der Waals surface area contributed by atoms with Gasteiger partial charge in [-0.2, -0.15) is 9.78 Å². The molecular weight excluding hydrogens is 298 g/mol. The fraction of sp³-hybridized carbons (Fsp3) is 0.133. The number of benzene rings is 1. The number of rotatable bonds is 4. The molecule has 0 amide bonds. The largest absolute Gasteiger partial charge is 0.461 e. The third-order valence-corrected chi connectivity index (χ3v) is 3.39. The Bertz CT molecular complexity index is 828. The van der Waals surface area contributed by atoms with Gasteiger partial charge in [0.15, 0.2) is 5.76 Å². The summed E-state index contributed by atoms with van der Waals surface area (Å²) in [5, 5.41) is 11.2. The maximum Gasteiger partial charge on any atom is 0.219 e. The third kappa shape index (κ3) is 2.84. The van der Waals surface area contributed by atoms with Crippen LogP contribution in [0.1, 0.15) is 5.56 Å². The standard InChI is InChI=1S/C15H15N5OS/c1-19(2)12-7-5-11(6-8-12)10-16-20-14(17-18-15(20)22)13-4-3-9-21-13/h3-10H,1-2H3,(H,18,22)/b16-10+. The van der Waals surface area contributed by atoms with Crippen molar-refractivity contribution in [3.63, 3.8) is 0 Å². The molecule has 0 spiro atoms. The topological polar surface area (TPSA) is 62.4 Å². The number of hydrogen-bond acceptors (Lipinski definition) is 5. The van der Waals surface area contributed by atoms with Crippen LogP contribution in [-0.2, 0) is 0 Å². The number of hydrogen-bond donors (Lipinski definition) is 1. The van der Waals surface area contributed by atoms with Crippen molar-refractivity contribution >= 4 is 24.1 Å². The molecule has 3 rings (SSSR count).